The molecule has 0 aliphatic heterocycles. The Morgan fingerprint density at radius 1 is 0.739 bits per heavy atom. The zero-order chi connectivity index (χ0) is 16.1. The lowest BCUT2D eigenvalue weighted by molar-refractivity contribution is 0.969. The monoisotopic (exact) mass is 302 g/mol. The molecule has 0 unspecified atom stereocenters. The van der Waals surface area contributed by atoms with Crippen molar-refractivity contribution in [3.63, 3.8) is 0 Å². The van der Waals surface area contributed by atoms with Gasteiger partial charge in [0.15, 0.2) is 0 Å². The first-order chi connectivity index (χ1) is 11.3. The number of nitrogens with one attached hydrogen (secondary N) is 1. The Balaban J connectivity index is 1.99. The number of nitrogens with zero attached hydrogens (tertiary/aromatic N) is 1. The maximum atomic E-state index is 3.61. The molecular weight excluding hydrogens is 280 g/mol. The predicted octanol–water partition coefficient (Wildman–Crippen LogP) is 5.55. The van der Waals surface area contributed by atoms with Gasteiger partial charge in [-0.25, -0.2) is 0 Å². The third-order valence-electron chi connectivity index (χ3n) is 4.07. The third kappa shape index (κ3) is 3.37. The molecule has 23 heavy (non-hydrogen) atoms. The quantitative estimate of drug-likeness (QED) is 0.664. The van der Waals surface area contributed by atoms with Crippen LogP contribution in [0.2, 0.25) is 0 Å². The Kier molecular flexibility index (Phi) is 4.62. The summed E-state index contributed by atoms with van der Waals surface area (Å²) in [4.78, 5) is 2.24. The summed E-state index contributed by atoms with van der Waals surface area (Å²) in [6.45, 7) is 3.13. The van der Waals surface area contributed by atoms with E-state index in [0.29, 0.717) is 0 Å². The molecule has 3 aromatic carbocycles. The van der Waals surface area contributed by atoms with Gasteiger partial charge in [0.1, 0.15) is 0 Å². The largest absolute Gasteiger partial charge is 0.373 e. The Hall–Kier alpha value is -2.74. The molecule has 0 aromatic heterocycles. The summed E-state index contributed by atoms with van der Waals surface area (Å²) in [5, 5.41) is 3.61. The maximum Gasteiger partial charge on any atom is 0.0622 e. The molecule has 0 aliphatic rings. The fourth-order valence-corrected chi connectivity index (χ4v) is 2.69. The van der Waals surface area contributed by atoms with Crippen LogP contribution in [0.25, 0.3) is 11.1 Å². The highest BCUT2D eigenvalue weighted by Crippen LogP contribution is 2.33. The molecule has 0 saturated heterocycles. The minimum absolute atomic E-state index is 0.971. The zero-order valence-corrected chi connectivity index (χ0v) is 13.7. The van der Waals surface area contributed by atoms with Crippen LogP contribution in [0.1, 0.15) is 6.92 Å². The lowest BCUT2D eigenvalue weighted by Crippen LogP contribution is -2.17. The summed E-state index contributed by atoms with van der Waals surface area (Å²) < 4.78 is 0. The molecule has 0 aliphatic carbocycles. The van der Waals surface area contributed by atoms with E-state index < -0.39 is 0 Å². The van der Waals surface area contributed by atoms with E-state index in [4.69, 9.17) is 0 Å². The van der Waals surface area contributed by atoms with Crippen LogP contribution in [0.3, 0.4) is 0 Å². The lowest BCUT2D eigenvalue weighted by Gasteiger charge is -2.22. The van der Waals surface area contributed by atoms with Gasteiger partial charge in [0.05, 0.1) is 11.4 Å². The minimum atomic E-state index is 0.971. The van der Waals surface area contributed by atoms with E-state index >= 15 is 0 Å². The van der Waals surface area contributed by atoms with Gasteiger partial charge in [-0.3, -0.25) is 0 Å². The average Bonchev–Trinajstić information content (AvgIpc) is 2.63. The van der Waals surface area contributed by atoms with Crippen molar-refractivity contribution in [1.82, 2.24) is 0 Å². The topological polar surface area (TPSA) is 15.3 Å². The molecule has 0 radical (unpaired) electrons. The molecule has 0 saturated carbocycles. The Bertz CT molecular complexity index is 766. The van der Waals surface area contributed by atoms with E-state index in [-0.39, 0.29) is 0 Å². The number of hydrogen-bond donors (Lipinski definition) is 1. The van der Waals surface area contributed by atoms with Gasteiger partial charge < -0.3 is 10.2 Å². The van der Waals surface area contributed by atoms with E-state index in [0.717, 1.165) is 17.9 Å². The highest BCUT2D eigenvalue weighted by molar-refractivity contribution is 5.84. The van der Waals surface area contributed by atoms with Crippen molar-refractivity contribution in [2.45, 2.75) is 6.92 Å². The average molecular weight is 302 g/mol. The van der Waals surface area contributed by atoms with Gasteiger partial charge in [-0.2, -0.15) is 0 Å². The molecular formula is C21H22N2. The van der Waals surface area contributed by atoms with E-state index in [1.807, 2.05) is 6.07 Å². The first kappa shape index (κ1) is 15.2. The van der Waals surface area contributed by atoms with Gasteiger partial charge in [-0.05, 0) is 30.7 Å². The van der Waals surface area contributed by atoms with E-state index in [1.54, 1.807) is 0 Å². The van der Waals surface area contributed by atoms with Crippen LogP contribution in [-0.4, -0.2) is 13.6 Å². The van der Waals surface area contributed by atoms with Crippen molar-refractivity contribution in [2.75, 3.05) is 23.8 Å². The Morgan fingerprint density at radius 3 is 2.09 bits per heavy atom. The molecule has 0 fully saturated rings. The summed E-state index contributed by atoms with van der Waals surface area (Å²) in [5.74, 6) is 0. The van der Waals surface area contributed by atoms with Gasteiger partial charge in [0.25, 0.3) is 0 Å². The van der Waals surface area contributed by atoms with Crippen LogP contribution in [0.15, 0.2) is 78.9 Å². The van der Waals surface area contributed by atoms with Crippen molar-refractivity contribution >= 4 is 17.1 Å². The smallest absolute Gasteiger partial charge is 0.0622 e. The van der Waals surface area contributed by atoms with Crippen molar-refractivity contribution in [3.8, 4) is 11.1 Å². The third-order valence-corrected chi connectivity index (χ3v) is 4.07. The van der Waals surface area contributed by atoms with Gasteiger partial charge in [-0.15, -0.1) is 0 Å². The summed E-state index contributed by atoms with van der Waals surface area (Å²) >= 11 is 0. The van der Waals surface area contributed by atoms with Crippen LogP contribution in [0, 0.1) is 0 Å². The standard InChI is InChI=1S/C21H22N2/c1-3-23(2)21-16-10-9-15-20(21)22-19-14-8-7-13-18(19)17-11-5-4-6-12-17/h4-16,22H,3H2,1-2H3. The minimum Gasteiger partial charge on any atom is -0.373 e. The number of benzene rings is 3. The molecule has 2 heteroatoms. The molecule has 0 amide bonds. The van der Waals surface area contributed by atoms with Crippen LogP contribution in [-0.2, 0) is 0 Å². The first-order valence-corrected chi connectivity index (χ1v) is 8.01. The SMILES string of the molecule is CCN(C)c1ccccc1Nc1ccccc1-c1ccccc1. The van der Waals surface area contributed by atoms with E-state index in [9.17, 15) is 0 Å². The van der Waals surface area contributed by atoms with Gasteiger partial charge >= 0.3 is 0 Å². The fraction of sp³-hybridized carbons (Fsp3) is 0.143. The summed E-state index contributed by atoms with van der Waals surface area (Å²) in [6.07, 6.45) is 0. The van der Waals surface area contributed by atoms with Crippen LogP contribution in [0.4, 0.5) is 17.1 Å². The molecule has 116 valence electrons. The second kappa shape index (κ2) is 7.01. The number of rotatable bonds is 5. The molecule has 0 spiro atoms. The van der Waals surface area contributed by atoms with Crippen molar-refractivity contribution in [2.24, 2.45) is 0 Å². The molecule has 2 nitrogen and oxygen atoms in total. The molecule has 0 atom stereocenters. The maximum absolute atomic E-state index is 3.61. The highest BCUT2D eigenvalue weighted by Gasteiger charge is 2.09. The first-order valence-electron chi connectivity index (χ1n) is 8.01. The number of para-hydroxylation sites is 3. The molecule has 0 bridgehead atoms. The number of hydrogen-bond acceptors (Lipinski definition) is 2. The van der Waals surface area contributed by atoms with Gasteiger partial charge in [0, 0.05) is 24.8 Å². The Labute approximate surface area is 138 Å². The second-order valence-corrected chi connectivity index (χ2v) is 5.57. The summed E-state index contributed by atoms with van der Waals surface area (Å²) in [7, 11) is 2.11. The molecule has 1 N–H and O–H groups in total. The lowest BCUT2D eigenvalue weighted by atomic mass is 10.0. The van der Waals surface area contributed by atoms with Crippen molar-refractivity contribution in [1.29, 1.82) is 0 Å². The normalized spacial score (nSPS) is 10.3. The molecule has 3 aromatic rings. The van der Waals surface area contributed by atoms with Crippen molar-refractivity contribution < 1.29 is 0 Å². The summed E-state index contributed by atoms with van der Waals surface area (Å²) in [6, 6.07) is 27.3. The predicted molar refractivity (Wildman–Crippen MR) is 101 cm³/mol. The van der Waals surface area contributed by atoms with Crippen LogP contribution < -0.4 is 10.2 Å². The van der Waals surface area contributed by atoms with Crippen LogP contribution in [0.5, 0.6) is 0 Å². The second-order valence-electron chi connectivity index (χ2n) is 5.57. The Morgan fingerprint density at radius 2 is 1.35 bits per heavy atom. The van der Waals surface area contributed by atoms with Crippen molar-refractivity contribution in [3.05, 3.63) is 78.9 Å². The van der Waals surface area contributed by atoms with Gasteiger partial charge in [0.2, 0.25) is 0 Å². The summed E-state index contributed by atoms with van der Waals surface area (Å²) in [5.41, 5.74) is 5.88. The molecule has 0 heterocycles. The van der Waals surface area contributed by atoms with E-state index in [1.165, 1.54) is 16.8 Å². The van der Waals surface area contributed by atoms with Crippen LogP contribution >= 0.6 is 0 Å². The van der Waals surface area contributed by atoms with E-state index in [2.05, 4.69) is 97.0 Å². The fourth-order valence-electron chi connectivity index (χ4n) is 2.69. The number of anilines is 3. The zero-order valence-electron chi connectivity index (χ0n) is 13.7. The highest BCUT2D eigenvalue weighted by atomic mass is 15.1. The van der Waals surface area contributed by atoms with Gasteiger partial charge in [-0.1, -0.05) is 60.7 Å². The molecule has 3 rings (SSSR count).